The minimum absolute atomic E-state index is 0.168. The highest BCUT2D eigenvalue weighted by atomic mass is 32.2. The van der Waals surface area contributed by atoms with E-state index in [1.165, 1.54) is 30.3 Å². The molecule has 0 spiro atoms. The van der Waals surface area contributed by atoms with Crippen LogP contribution in [0.25, 0.3) is 0 Å². The standard InChI is InChI=1S/C20H24N2O7S/c1-4-21-19(23)20(24)22-14-11-16(28-10-9-27-2)13-17(12-14)29-15-5-7-18(8-6-15)30(3,25)26/h5-8,11-13H,4,9-10H2,1-3H3,(H,21,23)(H,22,24). The summed E-state index contributed by atoms with van der Waals surface area (Å²) in [5.41, 5.74) is 0.295. The molecule has 0 aliphatic heterocycles. The molecule has 162 valence electrons. The van der Waals surface area contributed by atoms with Gasteiger partial charge in [0.05, 0.1) is 11.5 Å². The van der Waals surface area contributed by atoms with Crippen LogP contribution in [-0.4, -0.2) is 53.4 Å². The molecule has 0 aliphatic rings. The molecule has 0 aromatic heterocycles. The fraction of sp³-hybridized carbons (Fsp3) is 0.300. The molecule has 2 N–H and O–H groups in total. The summed E-state index contributed by atoms with van der Waals surface area (Å²) in [7, 11) is -1.78. The fourth-order valence-electron chi connectivity index (χ4n) is 2.35. The second-order valence-corrected chi connectivity index (χ2v) is 8.21. The molecule has 0 saturated carbocycles. The van der Waals surface area contributed by atoms with Gasteiger partial charge in [0, 0.05) is 43.8 Å². The van der Waals surface area contributed by atoms with Crippen LogP contribution in [0.15, 0.2) is 47.4 Å². The molecule has 0 saturated heterocycles. The maximum Gasteiger partial charge on any atom is 0.313 e. The number of anilines is 1. The van der Waals surface area contributed by atoms with Crippen molar-refractivity contribution in [2.75, 3.05) is 38.4 Å². The van der Waals surface area contributed by atoms with Gasteiger partial charge >= 0.3 is 11.8 Å². The van der Waals surface area contributed by atoms with Gasteiger partial charge in [-0.25, -0.2) is 8.42 Å². The van der Waals surface area contributed by atoms with Gasteiger partial charge in [0.1, 0.15) is 23.9 Å². The number of hydrogen-bond donors (Lipinski definition) is 2. The lowest BCUT2D eigenvalue weighted by atomic mass is 10.2. The number of carbonyl (C=O) groups is 2. The third-order valence-corrected chi connectivity index (χ3v) is 4.85. The molecule has 2 amide bonds. The van der Waals surface area contributed by atoms with Gasteiger partial charge in [-0.05, 0) is 31.2 Å². The summed E-state index contributed by atoms with van der Waals surface area (Å²) >= 11 is 0. The largest absolute Gasteiger partial charge is 0.491 e. The Bertz CT molecular complexity index is 989. The number of nitrogens with one attached hydrogen (secondary N) is 2. The molecule has 30 heavy (non-hydrogen) atoms. The first-order valence-corrected chi connectivity index (χ1v) is 11.0. The average Bonchev–Trinajstić information content (AvgIpc) is 2.68. The Kier molecular flexibility index (Phi) is 8.19. The summed E-state index contributed by atoms with van der Waals surface area (Å²) < 4.78 is 39.5. The Labute approximate surface area is 175 Å². The highest BCUT2D eigenvalue weighted by Crippen LogP contribution is 2.30. The van der Waals surface area contributed by atoms with Gasteiger partial charge in [-0.1, -0.05) is 0 Å². The van der Waals surface area contributed by atoms with E-state index in [2.05, 4.69) is 10.6 Å². The molecule has 0 atom stereocenters. The van der Waals surface area contributed by atoms with E-state index in [4.69, 9.17) is 14.2 Å². The zero-order valence-electron chi connectivity index (χ0n) is 16.9. The van der Waals surface area contributed by atoms with Crippen molar-refractivity contribution in [2.45, 2.75) is 11.8 Å². The number of carbonyl (C=O) groups excluding carboxylic acids is 2. The van der Waals surface area contributed by atoms with Gasteiger partial charge < -0.3 is 24.8 Å². The Morgan fingerprint density at radius 3 is 2.20 bits per heavy atom. The topological polar surface area (TPSA) is 120 Å². The summed E-state index contributed by atoms with van der Waals surface area (Å²) in [4.78, 5) is 23.8. The predicted molar refractivity (Wildman–Crippen MR) is 111 cm³/mol. The highest BCUT2D eigenvalue weighted by molar-refractivity contribution is 7.90. The zero-order valence-corrected chi connectivity index (χ0v) is 17.7. The first kappa shape index (κ1) is 23.2. The van der Waals surface area contributed by atoms with Gasteiger partial charge in [-0.2, -0.15) is 0 Å². The third-order valence-electron chi connectivity index (χ3n) is 3.73. The highest BCUT2D eigenvalue weighted by Gasteiger charge is 2.14. The smallest absolute Gasteiger partial charge is 0.313 e. The Morgan fingerprint density at radius 1 is 0.933 bits per heavy atom. The van der Waals surface area contributed by atoms with E-state index in [1.54, 1.807) is 26.2 Å². The summed E-state index contributed by atoms with van der Waals surface area (Å²) in [5, 5.41) is 4.91. The van der Waals surface area contributed by atoms with Crippen molar-refractivity contribution in [3.05, 3.63) is 42.5 Å². The molecule has 2 rings (SSSR count). The number of methoxy groups -OCH3 is 1. The van der Waals surface area contributed by atoms with E-state index < -0.39 is 21.7 Å². The second kappa shape index (κ2) is 10.6. The summed E-state index contributed by atoms with van der Waals surface area (Å²) in [6.45, 7) is 2.66. The SMILES string of the molecule is CCNC(=O)C(=O)Nc1cc(OCCOC)cc(Oc2ccc(S(C)(=O)=O)cc2)c1. The van der Waals surface area contributed by atoms with Crippen LogP contribution < -0.4 is 20.1 Å². The maximum absolute atomic E-state index is 12.0. The van der Waals surface area contributed by atoms with Gasteiger partial charge in [-0.15, -0.1) is 0 Å². The van der Waals surface area contributed by atoms with Crippen LogP contribution in [0.5, 0.6) is 17.2 Å². The molecular weight excluding hydrogens is 412 g/mol. The lowest BCUT2D eigenvalue weighted by molar-refractivity contribution is -0.136. The molecule has 0 aliphatic carbocycles. The van der Waals surface area contributed by atoms with Crippen molar-refractivity contribution in [3.63, 3.8) is 0 Å². The molecule has 2 aromatic rings. The first-order valence-electron chi connectivity index (χ1n) is 9.07. The number of rotatable bonds is 9. The van der Waals surface area contributed by atoms with Crippen LogP contribution in [0, 0.1) is 0 Å². The van der Waals surface area contributed by atoms with E-state index in [1.807, 2.05) is 0 Å². The lowest BCUT2D eigenvalue weighted by Crippen LogP contribution is -2.35. The van der Waals surface area contributed by atoms with Gasteiger partial charge in [0.2, 0.25) is 0 Å². The van der Waals surface area contributed by atoms with Crippen molar-refractivity contribution < 1.29 is 32.2 Å². The van der Waals surface area contributed by atoms with Crippen LogP contribution in [0.1, 0.15) is 6.92 Å². The first-order chi connectivity index (χ1) is 14.2. The summed E-state index contributed by atoms with van der Waals surface area (Å²) in [6, 6.07) is 10.6. The van der Waals surface area contributed by atoms with Crippen LogP contribution >= 0.6 is 0 Å². The molecule has 0 fully saturated rings. The van der Waals surface area contributed by atoms with Gasteiger partial charge in [0.25, 0.3) is 0 Å². The number of amides is 2. The van der Waals surface area contributed by atoms with E-state index in [0.29, 0.717) is 36.1 Å². The Morgan fingerprint density at radius 2 is 1.60 bits per heavy atom. The van der Waals surface area contributed by atoms with Crippen LogP contribution in [-0.2, 0) is 24.2 Å². The number of ether oxygens (including phenoxy) is 3. The third kappa shape index (κ3) is 7.05. The minimum Gasteiger partial charge on any atom is -0.491 e. The van der Waals surface area contributed by atoms with Crippen molar-refractivity contribution in [2.24, 2.45) is 0 Å². The van der Waals surface area contributed by atoms with E-state index in [0.717, 1.165) is 6.26 Å². The number of benzene rings is 2. The fourth-order valence-corrected chi connectivity index (χ4v) is 2.98. The Balaban J connectivity index is 2.24. The van der Waals surface area contributed by atoms with Gasteiger partial charge in [-0.3, -0.25) is 9.59 Å². The van der Waals surface area contributed by atoms with Crippen molar-refractivity contribution in [3.8, 4) is 17.2 Å². The molecule has 9 nitrogen and oxygen atoms in total. The predicted octanol–water partition coefficient (Wildman–Crippen LogP) is 1.98. The average molecular weight is 436 g/mol. The lowest BCUT2D eigenvalue weighted by Gasteiger charge is -2.13. The summed E-state index contributed by atoms with van der Waals surface area (Å²) in [6.07, 6.45) is 1.12. The van der Waals surface area contributed by atoms with Crippen LogP contribution in [0.3, 0.4) is 0 Å². The van der Waals surface area contributed by atoms with E-state index in [-0.39, 0.29) is 11.5 Å². The molecule has 10 heteroatoms. The van der Waals surface area contributed by atoms with Crippen molar-refractivity contribution in [1.82, 2.24) is 5.32 Å². The molecule has 0 bridgehead atoms. The number of sulfone groups is 1. The second-order valence-electron chi connectivity index (χ2n) is 6.19. The minimum atomic E-state index is -3.32. The molecule has 2 aromatic carbocycles. The zero-order chi connectivity index (χ0) is 22.1. The number of hydrogen-bond acceptors (Lipinski definition) is 7. The number of likely N-dealkylation sites (N-methyl/N-ethyl adjacent to an activating group) is 1. The summed E-state index contributed by atoms with van der Waals surface area (Å²) in [5.74, 6) is -0.486. The normalized spacial score (nSPS) is 10.9. The maximum atomic E-state index is 12.0. The Hall–Kier alpha value is -3.11. The monoisotopic (exact) mass is 436 g/mol. The quantitative estimate of drug-likeness (QED) is 0.456. The molecular formula is C20H24N2O7S. The molecule has 0 unspecified atom stereocenters. The van der Waals surface area contributed by atoms with Crippen LogP contribution in [0.4, 0.5) is 5.69 Å². The van der Waals surface area contributed by atoms with Crippen molar-refractivity contribution >= 4 is 27.3 Å². The van der Waals surface area contributed by atoms with Crippen LogP contribution in [0.2, 0.25) is 0 Å². The molecule has 0 radical (unpaired) electrons. The van der Waals surface area contributed by atoms with Crippen molar-refractivity contribution in [1.29, 1.82) is 0 Å². The van der Waals surface area contributed by atoms with Gasteiger partial charge in [0.15, 0.2) is 9.84 Å². The van der Waals surface area contributed by atoms with E-state index >= 15 is 0 Å². The molecule has 0 heterocycles. The van der Waals surface area contributed by atoms with E-state index in [9.17, 15) is 18.0 Å².